The highest BCUT2D eigenvalue weighted by molar-refractivity contribution is 7.07. The molecule has 0 aliphatic carbocycles. The van der Waals surface area contributed by atoms with Crippen LogP contribution in [0.3, 0.4) is 0 Å². The van der Waals surface area contributed by atoms with Crippen LogP contribution in [0.2, 0.25) is 0 Å². The van der Waals surface area contributed by atoms with Crippen molar-refractivity contribution in [1.29, 1.82) is 0 Å². The Morgan fingerprint density at radius 3 is 2.53 bits per heavy atom. The molecule has 1 amide bonds. The van der Waals surface area contributed by atoms with Gasteiger partial charge < -0.3 is 5.32 Å². The Morgan fingerprint density at radius 2 is 2.12 bits per heavy atom. The van der Waals surface area contributed by atoms with Gasteiger partial charge in [0.05, 0.1) is 5.69 Å². The monoisotopic (exact) mass is 275 g/mol. The molecule has 1 aromatic heterocycles. The van der Waals surface area contributed by atoms with Gasteiger partial charge in [-0.2, -0.15) is 0 Å². The van der Waals surface area contributed by atoms with Crippen molar-refractivity contribution in [3.8, 4) is 0 Å². The average molecular weight is 276 g/mol. The van der Waals surface area contributed by atoms with E-state index in [2.05, 4.69) is 28.8 Å². The highest BCUT2D eigenvalue weighted by atomic mass is 35.5. The summed E-state index contributed by atoms with van der Waals surface area (Å²) in [6.07, 6.45) is 1.90. The van der Waals surface area contributed by atoms with Gasteiger partial charge in [-0.1, -0.05) is 18.3 Å². The fraction of sp³-hybridized carbons (Fsp3) is 0.727. The molecule has 1 N–H and O–H groups in total. The van der Waals surface area contributed by atoms with Crippen LogP contribution in [0, 0.1) is 12.3 Å². The number of rotatable bonds is 6. The molecule has 0 fully saturated rings. The van der Waals surface area contributed by atoms with Crippen LogP contribution in [0.4, 0.5) is 0 Å². The lowest BCUT2D eigenvalue weighted by atomic mass is 9.84. The molecule has 0 aliphatic rings. The number of nitrogens with one attached hydrogen (secondary N) is 1. The van der Waals surface area contributed by atoms with Gasteiger partial charge in [0.15, 0.2) is 0 Å². The highest BCUT2D eigenvalue weighted by Crippen LogP contribution is 2.27. The Hall–Kier alpha value is -0.680. The summed E-state index contributed by atoms with van der Waals surface area (Å²) in [5.41, 5.74) is 0.667. The maximum Gasteiger partial charge on any atom is 0.264 e. The predicted molar refractivity (Wildman–Crippen MR) is 70.7 cm³/mol. The fourth-order valence-electron chi connectivity index (χ4n) is 1.52. The normalized spacial score (nSPS) is 11.5. The van der Waals surface area contributed by atoms with Crippen molar-refractivity contribution in [2.24, 2.45) is 5.41 Å². The van der Waals surface area contributed by atoms with E-state index < -0.39 is 0 Å². The second-order valence-corrected chi connectivity index (χ2v) is 5.23. The van der Waals surface area contributed by atoms with Crippen molar-refractivity contribution in [3.05, 3.63) is 10.6 Å². The number of amides is 1. The van der Waals surface area contributed by atoms with Crippen molar-refractivity contribution in [3.63, 3.8) is 0 Å². The molecule has 0 aromatic carbocycles. The molecule has 4 nitrogen and oxygen atoms in total. The third-order valence-corrected chi connectivity index (χ3v) is 4.66. The third-order valence-electron chi connectivity index (χ3n) is 3.27. The first-order valence-electron chi connectivity index (χ1n) is 5.71. The van der Waals surface area contributed by atoms with Gasteiger partial charge in [-0.15, -0.1) is 16.7 Å². The number of alkyl halides is 1. The van der Waals surface area contributed by atoms with E-state index in [1.165, 1.54) is 0 Å². The van der Waals surface area contributed by atoms with Gasteiger partial charge in [-0.25, -0.2) is 0 Å². The topological polar surface area (TPSA) is 54.9 Å². The van der Waals surface area contributed by atoms with Crippen LogP contribution in [-0.4, -0.2) is 27.9 Å². The fourth-order valence-corrected chi connectivity index (χ4v) is 2.57. The minimum atomic E-state index is -0.103. The van der Waals surface area contributed by atoms with Gasteiger partial charge in [-0.3, -0.25) is 4.79 Å². The smallest absolute Gasteiger partial charge is 0.264 e. The number of carbonyl (C=O) groups is 1. The van der Waals surface area contributed by atoms with E-state index in [1.54, 1.807) is 6.92 Å². The summed E-state index contributed by atoms with van der Waals surface area (Å²) in [6.45, 7) is 6.57. The van der Waals surface area contributed by atoms with Crippen LogP contribution in [0.5, 0.6) is 0 Å². The second kappa shape index (κ2) is 6.31. The first kappa shape index (κ1) is 14.4. The number of carbonyl (C=O) groups excluding carboxylic acids is 1. The molecule has 0 aliphatic heterocycles. The van der Waals surface area contributed by atoms with Gasteiger partial charge in [0.25, 0.3) is 5.91 Å². The molecule has 6 heteroatoms. The molecular weight excluding hydrogens is 258 g/mol. The van der Waals surface area contributed by atoms with Crippen molar-refractivity contribution >= 4 is 29.0 Å². The summed E-state index contributed by atoms with van der Waals surface area (Å²) in [7, 11) is 0. The van der Waals surface area contributed by atoms with Gasteiger partial charge in [0.1, 0.15) is 4.88 Å². The minimum Gasteiger partial charge on any atom is -0.351 e. The van der Waals surface area contributed by atoms with E-state index in [1.807, 2.05) is 0 Å². The zero-order chi connectivity index (χ0) is 12.9. The van der Waals surface area contributed by atoms with Gasteiger partial charge in [0, 0.05) is 17.8 Å². The van der Waals surface area contributed by atoms with E-state index >= 15 is 0 Å². The van der Waals surface area contributed by atoms with Gasteiger partial charge >= 0.3 is 0 Å². The van der Waals surface area contributed by atoms with Crippen LogP contribution in [0.1, 0.15) is 42.1 Å². The van der Waals surface area contributed by atoms with Crippen LogP contribution in [0.25, 0.3) is 0 Å². The maximum absolute atomic E-state index is 11.9. The standard InChI is InChI=1S/C11H18ClN3OS/c1-4-11(5-2,6-12)7-13-10(16)9-8(3)14-15-17-9/h4-7H2,1-3H3,(H,13,16). The van der Waals surface area contributed by atoms with Crippen molar-refractivity contribution in [1.82, 2.24) is 14.9 Å². The molecule has 0 saturated carbocycles. The lowest BCUT2D eigenvalue weighted by molar-refractivity contribution is 0.0935. The van der Waals surface area contributed by atoms with Gasteiger partial charge in [0.2, 0.25) is 0 Å². The number of hydrogen-bond donors (Lipinski definition) is 1. The summed E-state index contributed by atoms with van der Waals surface area (Å²) >= 11 is 7.12. The van der Waals surface area contributed by atoms with Crippen molar-refractivity contribution < 1.29 is 4.79 Å². The number of hydrogen-bond acceptors (Lipinski definition) is 4. The first-order valence-corrected chi connectivity index (χ1v) is 7.02. The highest BCUT2D eigenvalue weighted by Gasteiger charge is 2.26. The predicted octanol–water partition coefficient (Wildman–Crippen LogP) is 2.62. The Balaban J connectivity index is 2.62. The Bertz CT molecular complexity index is 368. The summed E-state index contributed by atoms with van der Waals surface area (Å²) in [6, 6.07) is 0. The Kier molecular flexibility index (Phi) is 5.33. The first-order chi connectivity index (χ1) is 8.08. The molecule has 1 aromatic rings. The van der Waals surface area contributed by atoms with E-state index in [0.717, 1.165) is 24.4 Å². The zero-order valence-electron chi connectivity index (χ0n) is 10.4. The molecule has 0 atom stereocenters. The SMILES string of the molecule is CCC(CC)(CCl)CNC(=O)c1snnc1C. The van der Waals surface area contributed by atoms with E-state index in [4.69, 9.17) is 11.6 Å². The van der Waals surface area contributed by atoms with Crippen molar-refractivity contribution in [2.45, 2.75) is 33.6 Å². The summed E-state index contributed by atoms with van der Waals surface area (Å²) < 4.78 is 3.75. The largest absolute Gasteiger partial charge is 0.351 e. The number of aromatic nitrogens is 2. The zero-order valence-corrected chi connectivity index (χ0v) is 12.0. The van der Waals surface area contributed by atoms with Crippen LogP contribution < -0.4 is 5.32 Å². The molecule has 1 rings (SSSR count). The molecule has 17 heavy (non-hydrogen) atoms. The van der Waals surface area contributed by atoms with E-state index in [0.29, 0.717) is 23.0 Å². The minimum absolute atomic E-state index is 0.0107. The molecule has 0 unspecified atom stereocenters. The summed E-state index contributed by atoms with van der Waals surface area (Å²) in [5.74, 6) is 0.453. The molecular formula is C11H18ClN3OS. The quantitative estimate of drug-likeness (QED) is 0.812. The molecule has 0 spiro atoms. The van der Waals surface area contributed by atoms with Crippen LogP contribution in [0.15, 0.2) is 0 Å². The Morgan fingerprint density at radius 1 is 1.47 bits per heavy atom. The van der Waals surface area contributed by atoms with Gasteiger partial charge in [-0.05, 0) is 31.3 Å². The summed E-state index contributed by atoms with van der Waals surface area (Å²) in [4.78, 5) is 12.5. The molecule has 0 saturated heterocycles. The molecule has 1 heterocycles. The number of halogens is 1. The number of nitrogens with zero attached hydrogens (tertiary/aromatic N) is 2. The average Bonchev–Trinajstić information content (AvgIpc) is 2.78. The lowest BCUT2D eigenvalue weighted by Crippen LogP contribution is -2.38. The second-order valence-electron chi connectivity index (χ2n) is 4.21. The number of aryl methyl sites for hydroxylation is 1. The van der Waals surface area contributed by atoms with Crippen molar-refractivity contribution in [2.75, 3.05) is 12.4 Å². The molecule has 0 bridgehead atoms. The summed E-state index contributed by atoms with van der Waals surface area (Å²) in [5, 5.41) is 6.75. The lowest BCUT2D eigenvalue weighted by Gasteiger charge is -2.29. The molecule has 96 valence electrons. The van der Waals surface area contributed by atoms with E-state index in [-0.39, 0.29) is 11.3 Å². The maximum atomic E-state index is 11.9. The molecule has 0 radical (unpaired) electrons. The van der Waals surface area contributed by atoms with Crippen LogP contribution in [-0.2, 0) is 0 Å². The Labute approximate surface area is 111 Å². The van der Waals surface area contributed by atoms with E-state index in [9.17, 15) is 4.79 Å². The van der Waals surface area contributed by atoms with Crippen LogP contribution >= 0.6 is 23.1 Å². The third kappa shape index (κ3) is 3.39.